The van der Waals surface area contributed by atoms with E-state index in [1.54, 1.807) is 0 Å². The Balaban J connectivity index is 1.65. The van der Waals surface area contributed by atoms with E-state index in [0.29, 0.717) is 18.8 Å². The van der Waals surface area contributed by atoms with E-state index in [4.69, 9.17) is 4.74 Å². The topological polar surface area (TPSA) is 75.7 Å². The number of rotatable bonds is 4. The summed E-state index contributed by atoms with van der Waals surface area (Å²) in [4.78, 5) is 42.8. The summed E-state index contributed by atoms with van der Waals surface area (Å²) >= 11 is 0. The van der Waals surface area contributed by atoms with Gasteiger partial charge in [-0.05, 0) is 72.4 Å². The number of ether oxygens (including phenoxy) is 1. The number of halogens is 6. The Kier molecular flexibility index (Phi) is 7.92. The molecule has 1 aliphatic carbocycles. The number of carbonyl (C=O) groups is 3. The van der Waals surface area contributed by atoms with Crippen LogP contribution >= 0.6 is 0 Å². The SMILES string of the molecule is COC(=O)[C@@H]1NC(c2ccc(C(F)(F)F)cc2)(c2ccc(C(F)(F)F)cc2)[C@H]2C(=O)N(C3CCC(C(C)(C)C)CC3)C(=O)[C@H]12. The Morgan fingerprint density at radius 3 is 1.64 bits per heavy atom. The third-order valence-corrected chi connectivity index (χ3v) is 9.67. The highest BCUT2D eigenvalue weighted by atomic mass is 19.4. The lowest BCUT2D eigenvalue weighted by Crippen LogP contribution is -2.53. The second kappa shape index (κ2) is 10.9. The molecule has 1 saturated carbocycles. The number of methoxy groups -OCH3 is 1. The highest BCUT2D eigenvalue weighted by Crippen LogP contribution is 2.53. The Bertz CT molecular complexity index is 1360. The van der Waals surface area contributed by atoms with Crippen molar-refractivity contribution in [3.8, 4) is 0 Å². The van der Waals surface area contributed by atoms with Crippen molar-refractivity contribution in [1.29, 1.82) is 0 Å². The van der Waals surface area contributed by atoms with Gasteiger partial charge in [0.05, 0.1) is 35.6 Å². The fraction of sp³-hybridized carbons (Fsp3) is 0.531. The van der Waals surface area contributed by atoms with Crippen LogP contribution in [-0.4, -0.2) is 41.9 Å². The highest BCUT2D eigenvalue weighted by molar-refractivity contribution is 6.09. The zero-order valence-corrected chi connectivity index (χ0v) is 24.7. The first-order chi connectivity index (χ1) is 20.4. The summed E-state index contributed by atoms with van der Waals surface area (Å²) in [6, 6.07) is 5.87. The van der Waals surface area contributed by atoms with Crippen LogP contribution in [0, 0.1) is 23.2 Å². The van der Waals surface area contributed by atoms with Gasteiger partial charge in [-0.2, -0.15) is 26.3 Å². The molecule has 0 unspecified atom stereocenters. The molecule has 2 saturated heterocycles. The van der Waals surface area contributed by atoms with Gasteiger partial charge in [0.25, 0.3) is 0 Å². The van der Waals surface area contributed by atoms with E-state index >= 15 is 0 Å². The van der Waals surface area contributed by atoms with Gasteiger partial charge >= 0.3 is 18.3 Å². The summed E-state index contributed by atoms with van der Waals surface area (Å²) in [6.45, 7) is 6.39. The van der Waals surface area contributed by atoms with E-state index in [0.717, 1.165) is 68.5 Å². The van der Waals surface area contributed by atoms with Crippen LogP contribution in [-0.2, 0) is 37.0 Å². The summed E-state index contributed by atoms with van der Waals surface area (Å²) in [5, 5.41) is 3.01. The van der Waals surface area contributed by atoms with Gasteiger partial charge < -0.3 is 4.74 Å². The Labute approximate surface area is 251 Å². The summed E-state index contributed by atoms with van der Waals surface area (Å²) in [5.74, 6) is -4.37. The zero-order valence-electron chi connectivity index (χ0n) is 24.7. The number of esters is 1. The first kappa shape index (κ1) is 32.0. The predicted molar refractivity (Wildman–Crippen MR) is 147 cm³/mol. The van der Waals surface area contributed by atoms with E-state index in [2.05, 4.69) is 26.1 Å². The zero-order chi connectivity index (χ0) is 32.4. The van der Waals surface area contributed by atoms with Crippen molar-refractivity contribution in [3.05, 3.63) is 70.8 Å². The first-order valence-electron chi connectivity index (χ1n) is 14.5. The second-order valence-corrected chi connectivity index (χ2v) is 13.0. The Morgan fingerprint density at radius 1 is 0.795 bits per heavy atom. The van der Waals surface area contributed by atoms with Crippen LogP contribution in [0.1, 0.15) is 68.7 Å². The Morgan fingerprint density at radius 2 is 1.25 bits per heavy atom. The van der Waals surface area contributed by atoms with Crippen molar-refractivity contribution < 1.29 is 45.5 Å². The molecule has 12 heteroatoms. The minimum Gasteiger partial charge on any atom is -0.468 e. The first-order valence-corrected chi connectivity index (χ1v) is 14.5. The standard InChI is InChI=1S/C32H34F6N2O4/c1-29(2,3)17-13-15-22(16-14-17)40-26(41)23-24(27(40)42)30(39-25(23)28(43)44-4,18-5-9-20(10-6-18)31(33,34)35)19-7-11-21(12-8-19)32(36,37)38/h5-12,17,22-25,39H,13-16H2,1-4H3/t17?,22?,23-,24+,25+/m0/s1. The maximum absolute atomic E-state index is 14.4. The van der Waals surface area contributed by atoms with Crippen LogP contribution in [0.15, 0.2) is 48.5 Å². The molecule has 6 nitrogen and oxygen atoms in total. The van der Waals surface area contributed by atoms with Crippen LogP contribution in [0.3, 0.4) is 0 Å². The second-order valence-electron chi connectivity index (χ2n) is 13.0. The number of fused-ring (bicyclic) bond motifs is 1. The van der Waals surface area contributed by atoms with Gasteiger partial charge in [-0.3, -0.25) is 24.6 Å². The summed E-state index contributed by atoms with van der Waals surface area (Å²) in [6.07, 6.45) is -6.74. The average molecular weight is 625 g/mol. The molecule has 3 aliphatic rings. The maximum atomic E-state index is 14.4. The molecule has 5 rings (SSSR count). The van der Waals surface area contributed by atoms with Gasteiger partial charge in [-0.15, -0.1) is 0 Å². The number of alkyl halides is 6. The maximum Gasteiger partial charge on any atom is 0.416 e. The summed E-state index contributed by atoms with van der Waals surface area (Å²) in [5.41, 5.74) is -3.57. The molecular formula is C32H34F6N2O4. The predicted octanol–water partition coefficient (Wildman–Crippen LogP) is 6.32. The molecule has 44 heavy (non-hydrogen) atoms. The number of hydrogen-bond acceptors (Lipinski definition) is 5. The van der Waals surface area contributed by atoms with E-state index in [-0.39, 0.29) is 16.5 Å². The van der Waals surface area contributed by atoms with E-state index in [1.807, 2.05) is 0 Å². The monoisotopic (exact) mass is 624 g/mol. The average Bonchev–Trinajstić information content (AvgIpc) is 3.45. The molecule has 3 atom stereocenters. The number of imide groups is 1. The van der Waals surface area contributed by atoms with Crippen molar-refractivity contribution in [2.45, 2.75) is 76.4 Å². The molecular weight excluding hydrogens is 590 g/mol. The molecule has 2 amide bonds. The lowest BCUT2D eigenvalue weighted by atomic mass is 9.71. The minimum atomic E-state index is -4.68. The number of nitrogens with zero attached hydrogens (tertiary/aromatic N) is 1. The minimum absolute atomic E-state index is 0.0285. The van der Waals surface area contributed by atoms with E-state index in [9.17, 15) is 40.7 Å². The van der Waals surface area contributed by atoms with Crippen molar-refractivity contribution in [3.63, 3.8) is 0 Å². The number of amides is 2. The van der Waals surface area contributed by atoms with E-state index in [1.165, 1.54) is 4.90 Å². The van der Waals surface area contributed by atoms with Crippen LogP contribution in [0.4, 0.5) is 26.3 Å². The van der Waals surface area contributed by atoms with Crippen molar-refractivity contribution in [2.24, 2.45) is 23.2 Å². The number of likely N-dealkylation sites (tertiary alicyclic amines) is 1. The molecule has 0 aromatic heterocycles. The normalized spacial score (nSPS) is 27.4. The molecule has 2 aliphatic heterocycles. The lowest BCUT2D eigenvalue weighted by Gasteiger charge is -2.41. The fourth-order valence-corrected chi connectivity index (χ4v) is 7.36. The van der Waals surface area contributed by atoms with Gasteiger partial charge in [0, 0.05) is 6.04 Å². The molecule has 0 spiro atoms. The quantitative estimate of drug-likeness (QED) is 0.245. The van der Waals surface area contributed by atoms with Gasteiger partial charge in [0.1, 0.15) is 6.04 Å². The van der Waals surface area contributed by atoms with Crippen LogP contribution in [0.25, 0.3) is 0 Å². The molecule has 2 aromatic rings. The molecule has 238 valence electrons. The van der Waals surface area contributed by atoms with Crippen molar-refractivity contribution in [2.75, 3.05) is 7.11 Å². The third-order valence-electron chi connectivity index (χ3n) is 9.67. The molecule has 0 bridgehead atoms. The van der Waals surface area contributed by atoms with Crippen molar-refractivity contribution in [1.82, 2.24) is 10.2 Å². The van der Waals surface area contributed by atoms with Crippen LogP contribution in [0.5, 0.6) is 0 Å². The molecule has 1 N–H and O–H groups in total. The summed E-state index contributed by atoms with van der Waals surface area (Å²) in [7, 11) is 1.10. The van der Waals surface area contributed by atoms with Crippen LogP contribution < -0.4 is 5.32 Å². The van der Waals surface area contributed by atoms with Crippen molar-refractivity contribution >= 4 is 17.8 Å². The third kappa shape index (κ3) is 5.28. The molecule has 2 aromatic carbocycles. The van der Waals surface area contributed by atoms with E-state index < -0.39 is 70.7 Å². The highest BCUT2D eigenvalue weighted by Gasteiger charge is 2.69. The Hall–Kier alpha value is -3.41. The van der Waals surface area contributed by atoms with Gasteiger partial charge in [-0.25, -0.2) is 0 Å². The van der Waals surface area contributed by atoms with Gasteiger partial charge in [-0.1, -0.05) is 45.0 Å². The van der Waals surface area contributed by atoms with Gasteiger partial charge in [0.2, 0.25) is 11.8 Å². The fourth-order valence-electron chi connectivity index (χ4n) is 7.36. The number of hydrogen-bond donors (Lipinski definition) is 1. The summed E-state index contributed by atoms with van der Waals surface area (Å²) < 4.78 is 85.9. The largest absolute Gasteiger partial charge is 0.468 e. The lowest BCUT2D eigenvalue weighted by molar-refractivity contribution is -0.150. The molecule has 2 heterocycles. The number of carbonyl (C=O) groups excluding carboxylic acids is 3. The molecule has 0 radical (unpaired) electrons. The smallest absolute Gasteiger partial charge is 0.416 e. The van der Waals surface area contributed by atoms with Gasteiger partial charge in [0.15, 0.2) is 0 Å². The number of nitrogens with one attached hydrogen (secondary N) is 1. The number of benzene rings is 2. The molecule has 3 fully saturated rings. The van der Waals surface area contributed by atoms with Crippen LogP contribution in [0.2, 0.25) is 0 Å².